The van der Waals surface area contributed by atoms with Gasteiger partial charge in [-0.25, -0.2) is 5.43 Å². The smallest absolute Gasteiger partial charge is 0.271 e. The molecule has 0 aliphatic heterocycles. The summed E-state index contributed by atoms with van der Waals surface area (Å²) in [5.41, 5.74) is 11.1. The topological polar surface area (TPSA) is 76.7 Å². The number of hydrazone groups is 1. The number of nitrogens with two attached hydrogens (primary N) is 1. The van der Waals surface area contributed by atoms with Crippen LogP contribution in [0.1, 0.15) is 55.5 Å². The first kappa shape index (κ1) is 19.5. The molecular formula is C21H27N3O2. The maximum Gasteiger partial charge on any atom is 0.271 e. The number of nitrogens with one attached hydrogen (secondary N) is 1. The summed E-state index contributed by atoms with van der Waals surface area (Å²) in [6.45, 7) is 4.73. The lowest BCUT2D eigenvalue weighted by Gasteiger charge is -2.07. The van der Waals surface area contributed by atoms with E-state index in [4.69, 9.17) is 10.5 Å². The average Bonchev–Trinajstić information content (AvgIpc) is 2.66. The summed E-state index contributed by atoms with van der Waals surface area (Å²) < 4.78 is 5.68. The molecule has 0 unspecified atom stereocenters. The zero-order valence-corrected chi connectivity index (χ0v) is 15.5. The van der Waals surface area contributed by atoms with Gasteiger partial charge < -0.3 is 10.5 Å². The molecule has 1 amide bonds. The fraction of sp³-hybridized carbons (Fsp3) is 0.333. The number of unbranched alkanes of at least 4 members (excludes halogenated alkanes) is 3. The van der Waals surface area contributed by atoms with Crippen LogP contribution < -0.4 is 15.9 Å². The lowest BCUT2D eigenvalue weighted by Crippen LogP contribution is -2.19. The van der Waals surface area contributed by atoms with Gasteiger partial charge in [-0.2, -0.15) is 5.10 Å². The molecule has 3 N–H and O–H groups in total. The molecule has 0 bridgehead atoms. The maximum atomic E-state index is 12.2. The summed E-state index contributed by atoms with van der Waals surface area (Å²) in [5, 5.41) is 4.15. The van der Waals surface area contributed by atoms with Gasteiger partial charge in [0, 0.05) is 11.3 Å². The third-order valence-corrected chi connectivity index (χ3v) is 4.04. The van der Waals surface area contributed by atoms with Crippen LogP contribution in [-0.4, -0.2) is 18.2 Å². The minimum Gasteiger partial charge on any atom is -0.494 e. The van der Waals surface area contributed by atoms with E-state index in [9.17, 15) is 4.79 Å². The largest absolute Gasteiger partial charge is 0.494 e. The van der Waals surface area contributed by atoms with Crippen LogP contribution in [0, 0.1) is 0 Å². The lowest BCUT2D eigenvalue weighted by atomic mass is 10.1. The van der Waals surface area contributed by atoms with Crippen molar-refractivity contribution in [1.29, 1.82) is 0 Å². The molecular weight excluding hydrogens is 326 g/mol. The number of ether oxygens (including phenoxy) is 1. The van der Waals surface area contributed by atoms with E-state index in [0.29, 0.717) is 23.6 Å². The SMILES string of the molecule is CCCCCCOc1ccc(C(=O)N/N=C(\C)c2ccc(N)cc2)cc1. The highest BCUT2D eigenvalue weighted by molar-refractivity contribution is 6.01. The number of benzene rings is 2. The number of hydrogen-bond donors (Lipinski definition) is 2. The molecule has 2 aromatic rings. The van der Waals surface area contributed by atoms with Crippen molar-refractivity contribution in [3.63, 3.8) is 0 Å². The number of nitrogens with zero attached hydrogens (tertiary/aromatic N) is 1. The Labute approximate surface area is 155 Å². The van der Waals surface area contributed by atoms with Crippen molar-refractivity contribution >= 4 is 17.3 Å². The van der Waals surface area contributed by atoms with E-state index in [-0.39, 0.29) is 5.91 Å². The number of hydrogen-bond acceptors (Lipinski definition) is 4. The van der Waals surface area contributed by atoms with Crippen molar-refractivity contribution in [3.05, 3.63) is 59.7 Å². The summed E-state index contributed by atoms with van der Waals surface area (Å²) in [5.74, 6) is 0.522. The second-order valence-electron chi connectivity index (χ2n) is 6.19. The first-order valence-corrected chi connectivity index (χ1v) is 9.03. The van der Waals surface area contributed by atoms with E-state index < -0.39 is 0 Å². The Morgan fingerprint density at radius 2 is 1.65 bits per heavy atom. The number of carbonyl (C=O) groups is 1. The Morgan fingerprint density at radius 3 is 2.31 bits per heavy atom. The van der Waals surface area contributed by atoms with E-state index in [1.165, 1.54) is 19.3 Å². The molecule has 0 radical (unpaired) electrons. The van der Waals surface area contributed by atoms with Crippen LogP contribution in [0.15, 0.2) is 53.6 Å². The molecule has 0 aliphatic rings. The number of carbonyl (C=O) groups excluding carboxylic acids is 1. The fourth-order valence-corrected chi connectivity index (χ4v) is 2.41. The first-order chi connectivity index (χ1) is 12.6. The Bertz CT molecular complexity index is 722. The second kappa shape index (κ2) is 10.2. The molecule has 2 rings (SSSR count). The molecule has 0 atom stereocenters. The van der Waals surface area contributed by atoms with E-state index in [0.717, 1.165) is 17.7 Å². The zero-order chi connectivity index (χ0) is 18.8. The molecule has 0 saturated heterocycles. The molecule has 138 valence electrons. The Kier molecular flexibility index (Phi) is 7.68. The highest BCUT2D eigenvalue weighted by Gasteiger charge is 2.05. The molecule has 0 heterocycles. The monoisotopic (exact) mass is 353 g/mol. The minimum absolute atomic E-state index is 0.255. The van der Waals surface area contributed by atoms with Crippen molar-refractivity contribution < 1.29 is 9.53 Å². The van der Waals surface area contributed by atoms with Crippen LogP contribution in [0.4, 0.5) is 5.69 Å². The van der Waals surface area contributed by atoms with Crippen LogP contribution in [0.3, 0.4) is 0 Å². The molecule has 0 saturated carbocycles. The van der Waals surface area contributed by atoms with Crippen LogP contribution >= 0.6 is 0 Å². The predicted molar refractivity (Wildman–Crippen MR) is 107 cm³/mol. The van der Waals surface area contributed by atoms with Crippen molar-refractivity contribution in [2.75, 3.05) is 12.3 Å². The lowest BCUT2D eigenvalue weighted by molar-refractivity contribution is 0.0955. The molecule has 0 spiro atoms. The summed E-state index contributed by atoms with van der Waals surface area (Å²) >= 11 is 0. The quantitative estimate of drug-likeness (QED) is 0.304. The minimum atomic E-state index is -0.255. The van der Waals surface area contributed by atoms with Gasteiger partial charge in [0.05, 0.1) is 12.3 Å². The number of nitrogen functional groups attached to an aromatic ring is 1. The molecule has 26 heavy (non-hydrogen) atoms. The summed E-state index contributed by atoms with van der Waals surface area (Å²) in [6.07, 6.45) is 4.68. The standard InChI is InChI=1S/C21H27N3O2/c1-3-4-5-6-15-26-20-13-9-18(10-14-20)21(25)24-23-16(2)17-7-11-19(22)12-8-17/h7-14H,3-6,15,22H2,1-2H3,(H,24,25)/b23-16+. The third kappa shape index (κ3) is 6.24. The summed E-state index contributed by atoms with van der Waals surface area (Å²) in [7, 11) is 0. The second-order valence-corrected chi connectivity index (χ2v) is 6.19. The Hall–Kier alpha value is -2.82. The van der Waals surface area contributed by atoms with Crippen LogP contribution in [-0.2, 0) is 0 Å². The van der Waals surface area contributed by atoms with Gasteiger partial charge in [0.2, 0.25) is 0 Å². The van der Waals surface area contributed by atoms with Gasteiger partial charge in [-0.15, -0.1) is 0 Å². The molecule has 0 aromatic heterocycles. The van der Waals surface area contributed by atoms with Gasteiger partial charge in [-0.3, -0.25) is 4.79 Å². The Morgan fingerprint density at radius 1 is 1.00 bits per heavy atom. The van der Waals surface area contributed by atoms with E-state index in [1.807, 2.05) is 31.2 Å². The zero-order valence-electron chi connectivity index (χ0n) is 15.5. The van der Waals surface area contributed by atoms with Gasteiger partial charge in [0.1, 0.15) is 5.75 Å². The fourth-order valence-electron chi connectivity index (χ4n) is 2.41. The van der Waals surface area contributed by atoms with Crippen molar-refractivity contribution in [2.24, 2.45) is 5.10 Å². The van der Waals surface area contributed by atoms with Gasteiger partial charge in [-0.05, 0) is 55.3 Å². The van der Waals surface area contributed by atoms with Crippen molar-refractivity contribution in [1.82, 2.24) is 5.43 Å². The molecule has 5 heteroatoms. The van der Waals surface area contributed by atoms with Crippen LogP contribution in [0.5, 0.6) is 5.75 Å². The number of anilines is 1. The summed E-state index contributed by atoms with van der Waals surface area (Å²) in [6, 6.07) is 14.4. The first-order valence-electron chi connectivity index (χ1n) is 9.03. The Balaban J connectivity index is 1.85. The normalized spacial score (nSPS) is 11.2. The van der Waals surface area contributed by atoms with Gasteiger partial charge in [0.25, 0.3) is 5.91 Å². The van der Waals surface area contributed by atoms with E-state index in [2.05, 4.69) is 17.5 Å². The summed E-state index contributed by atoms with van der Waals surface area (Å²) in [4.78, 5) is 12.2. The highest BCUT2D eigenvalue weighted by atomic mass is 16.5. The highest BCUT2D eigenvalue weighted by Crippen LogP contribution is 2.13. The van der Waals surface area contributed by atoms with Crippen molar-refractivity contribution in [2.45, 2.75) is 39.5 Å². The average molecular weight is 353 g/mol. The number of amides is 1. The van der Waals surface area contributed by atoms with Crippen molar-refractivity contribution in [3.8, 4) is 5.75 Å². The van der Waals surface area contributed by atoms with Gasteiger partial charge >= 0.3 is 0 Å². The van der Waals surface area contributed by atoms with Gasteiger partial charge in [0.15, 0.2) is 0 Å². The van der Waals surface area contributed by atoms with Crippen LogP contribution in [0.25, 0.3) is 0 Å². The molecule has 2 aromatic carbocycles. The molecule has 0 aliphatic carbocycles. The van der Waals surface area contributed by atoms with E-state index >= 15 is 0 Å². The van der Waals surface area contributed by atoms with Gasteiger partial charge in [-0.1, -0.05) is 38.3 Å². The third-order valence-electron chi connectivity index (χ3n) is 4.04. The maximum absolute atomic E-state index is 12.2. The van der Waals surface area contributed by atoms with Crippen LogP contribution in [0.2, 0.25) is 0 Å². The molecule has 5 nitrogen and oxygen atoms in total. The number of rotatable bonds is 9. The van der Waals surface area contributed by atoms with E-state index in [1.54, 1.807) is 24.3 Å². The predicted octanol–water partition coefficient (Wildman–Crippen LogP) is 4.38. The molecule has 0 fully saturated rings.